The van der Waals surface area contributed by atoms with Crippen LogP contribution in [0.2, 0.25) is 0 Å². The molecule has 0 amide bonds. The Morgan fingerprint density at radius 3 is 2.76 bits per heavy atom. The van der Waals surface area contributed by atoms with E-state index in [9.17, 15) is 4.39 Å². The third-order valence-electron chi connectivity index (χ3n) is 2.17. The predicted molar refractivity (Wildman–Crippen MR) is 71.7 cm³/mol. The maximum atomic E-state index is 12.8. The molecule has 1 aliphatic rings. The third kappa shape index (κ3) is 3.40. The molecule has 0 spiro atoms. The van der Waals surface area contributed by atoms with E-state index in [2.05, 4.69) is 32.9 Å². The second kappa shape index (κ2) is 5.46. The first kappa shape index (κ1) is 12.3. The van der Waals surface area contributed by atoms with Gasteiger partial charge in [-0.2, -0.15) is 0 Å². The maximum absolute atomic E-state index is 12.8. The molecule has 0 radical (unpaired) electrons. The summed E-state index contributed by atoms with van der Waals surface area (Å²) in [5.41, 5.74) is 6.37. The predicted octanol–water partition coefficient (Wildman–Crippen LogP) is 1.86. The van der Waals surface area contributed by atoms with Gasteiger partial charge in [0.2, 0.25) is 6.35 Å². The van der Waals surface area contributed by atoms with Crippen LogP contribution in [0.3, 0.4) is 0 Å². The van der Waals surface area contributed by atoms with Crippen LogP contribution in [0, 0.1) is 3.57 Å². The van der Waals surface area contributed by atoms with Gasteiger partial charge in [0.05, 0.1) is 6.61 Å². The molecule has 6 heteroatoms. The molecule has 17 heavy (non-hydrogen) atoms. The molecule has 1 aromatic carbocycles. The molecule has 0 fully saturated rings. The molecule has 0 unspecified atom stereocenters. The highest BCUT2D eigenvalue weighted by atomic mass is 127. The summed E-state index contributed by atoms with van der Waals surface area (Å²) in [5, 5.41) is 2.65. The third-order valence-corrected chi connectivity index (χ3v) is 2.89. The minimum absolute atomic E-state index is 0.142. The van der Waals surface area contributed by atoms with Crippen LogP contribution in [0.5, 0.6) is 0 Å². The quantitative estimate of drug-likeness (QED) is 0.821. The summed E-state index contributed by atoms with van der Waals surface area (Å²) < 4.78 is 19.4. The van der Waals surface area contributed by atoms with Crippen LogP contribution in [0.1, 0.15) is 5.56 Å². The molecule has 1 aromatic rings. The number of nitrogens with one attached hydrogen (secondary N) is 1. The first-order valence-electron chi connectivity index (χ1n) is 4.96. The van der Waals surface area contributed by atoms with E-state index in [0.29, 0.717) is 6.61 Å². The molecule has 90 valence electrons. The lowest BCUT2D eigenvalue weighted by Crippen LogP contribution is -2.33. The fourth-order valence-corrected chi connectivity index (χ4v) is 1.64. The van der Waals surface area contributed by atoms with Gasteiger partial charge in [0.25, 0.3) is 0 Å². The molecular formula is C11H11FIN3O. The van der Waals surface area contributed by atoms with Gasteiger partial charge in [-0.25, -0.2) is 9.38 Å². The van der Waals surface area contributed by atoms with E-state index in [0.717, 1.165) is 15.3 Å². The molecule has 1 aliphatic heterocycles. The van der Waals surface area contributed by atoms with Gasteiger partial charge in [0.1, 0.15) is 0 Å². The highest BCUT2D eigenvalue weighted by molar-refractivity contribution is 14.1. The average molecular weight is 347 g/mol. The van der Waals surface area contributed by atoms with Gasteiger partial charge in [-0.3, -0.25) is 0 Å². The Balaban J connectivity index is 1.90. The van der Waals surface area contributed by atoms with E-state index in [-0.39, 0.29) is 5.84 Å². The smallest absolute Gasteiger partial charge is 0.227 e. The Morgan fingerprint density at radius 1 is 1.41 bits per heavy atom. The van der Waals surface area contributed by atoms with Gasteiger partial charge in [0, 0.05) is 9.77 Å². The first-order chi connectivity index (χ1) is 8.15. The number of ether oxygens (including phenoxy) is 1. The highest BCUT2D eigenvalue weighted by Gasteiger charge is 2.14. The van der Waals surface area contributed by atoms with Crippen LogP contribution < -0.4 is 11.1 Å². The van der Waals surface area contributed by atoms with E-state index >= 15 is 0 Å². The van der Waals surface area contributed by atoms with E-state index in [1.807, 2.05) is 24.3 Å². The minimum Gasteiger partial charge on any atom is -0.381 e. The standard InChI is InChI=1S/C11H11FIN3O/c12-9-5-15-11(16-10(9)14)17-6-7-1-3-8(13)4-2-7/h1-5,11,15H,6H2,(H2,14,16)/t11-/m1/s1. The second-order valence-electron chi connectivity index (χ2n) is 3.46. The summed E-state index contributed by atoms with van der Waals surface area (Å²) in [7, 11) is 0. The topological polar surface area (TPSA) is 59.6 Å². The Bertz CT molecular complexity index is 458. The van der Waals surface area contributed by atoms with Crippen LogP contribution in [-0.4, -0.2) is 12.2 Å². The first-order valence-corrected chi connectivity index (χ1v) is 6.04. The zero-order valence-electron chi connectivity index (χ0n) is 8.86. The van der Waals surface area contributed by atoms with E-state index in [4.69, 9.17) is 10.5 Å². The van der Waals surface area contributed by atoms with Gasteiger partial charge in [-0.1, -0.05) is 12.1 Å². The van der Waals surface area contributed by atoms with E-state index < -0.39 is 12.2 Å². The Kier molecular flexibility index (Phi) is 3.95. The van der Waals surface area contributed by atoms with Crippen LogP contribution >= 0.6 is 22.6 Å². The number of nitrogens with zero attached hydrogens (tertiary/aromatic N) is 1. The van der Waals surface area contributed by atoms with Crippen molar-refractivity contribution in [2.24, 2.45) is 10.7 Å². The average Bonchev–Trinajstić information content (AvgIpc) is 2.33. The minimum atomic E-state index is -0.631. The number of halogens is 2. The number of nitrogens with two attached hydrogens (primary N) is 1. The largest absolute Gasteiger partial charge is 0.381 e. The van der Waals surface area contributed by atoms with Gasteiger partial charge < -0.3 is 15.8 Å². The molecular weight excluding hydrogens is 336 g/mol. The monoisotopic (exact) mass is 347 g/mol. The van der Waals surface area contributed by atoms with Crippen molar-refractivity contribution in [1.82, 2.24) is 5.32 Å². The summed E-state index contributed by atoms with van der Waals surface area (Å²) >= 11 is 2.23. The van der Waals surface area contributed by atoms with Crippen LogP contribution in [-0.2, 0) is 11.3 Å². The van der Waals surface area contributed by atoms with Gasteiger partial charge in [0.15, 0.2) is 11.7 Å². The fraction of sp³-hybridized carbons (Fsp3) is 0.182. The number of benzene rings is 1. The number of rotatable bonds is 3. The van der Waals surface area contributed by atoms with Crippen molar-refractivity contribution < 1.29 is 9.13 Å². The zero-order chi connectivity index (χ0) is 12.3. The van der Waals surface area contributed by atoms with Crippen molar-refractivity contribution in [3.63, 3.8) is 0 Å². The van der Waals surface area contributed by atoms with Gasteiger partial charge in [-0.05, 0) is 40.3 Å². The number of amidine groups is 1. The lowest BCUT2D eigenvalue weighted by atomic mass is 10.2. The SMILES string of the molecule is NC1=N[C@H](OCc2ccc(I)cc2)NC=C1F. The number of hydrogen-bond donors (Lipinski definition) is 2. The van der Waals surface area contributed by atoms with Crippen LogP contribution in [0.25, 0.3) is 0 Å². The summed E-state index contributed by atoms with van der Waals surface area (Å²) in [6, 6.07) is 7.91. The summed E-state index contributed by atoms with van der Waals surface area (Å²) in [6.07, 6.45) is 0.523. The van der Waals surface area contributed by atoms with Crippen molar-refractivity contribution in [2.45, 2.75) is 13.0 Å². The summed E-state index contributed by atoms with van der Waals surface area (Å²) in [6.45, 7) is 0.390. The van der Waals surface area contributed by atoms with Crippen LogP contribution in [0.15, 0.2) is 41.3 Å². The van der Waals surface area contributed by atoms with Crippen molar-refractivity contribution in [3.05, 3.63) is 45.4 Å². The number of aliphatic imine (C=N–C) groups is 1. The Morgan fingerprint density at radius 2 is 2.12 bits per heavy atom. The molecule has 1 atom stereocenters. The van der Waals surface area contributed by atoms with Crippen LogP contribution in [0.4, 0.5) is 4.39 Å². The molecule has 1 heterocycles. The van der Waals surface area contributed by atoms with Gasteiger partial charge in [-0.15, -0.1) is 0 Å². The van der Waals surface area contributed by atoms with Crippen molar-refractivity contribution in [3.8, 4) is 0 Å². The Labute approximate surface area is 112 Å². The summed E-state index contributed by atoms with van der Waals surface area (Å²) in [4.78, 5) is 3.81. The lowest BCUT2D eigenvalue weighted by Gasteiger charge is -2.18. The van der Waals surface area contributed by atoms with E-state index in [1.54, 1.807) is 0 Å². The van der Waals surface area contributed by atoms with Gasteiger partial charge >= 0.3 is 0 Å². The molecule has 3 N–H and O–H groups in total. The molecule has 0 aliphatic carbocycles. The highest BCUT2D eigenvalue weighted by Crippen LogP contribution is 2.10. The second-order valence-corrected chi connectivity index (χ2v) is 4.71. The molecule has 0 saturated carbocycles. The molecule has 0 saturated heterocycles. The lowest BCUT2D eigenvalue weighted by molar-refractivity contribution is 0.0313. The van der Waals surface area contributed by atoms with Crippen molar-refractivity contribution in [2.75, 3.05) is 0 Å². The summed E-state index contributed by atoms with van der Waals surface area (Å²) in [5.74, 6) is -0.713. The Hall–Kier alpha value is -1.15. The molecule has 0 bridgehead atoms. The zero-order valence-corrected chi connectivity index (χ0v) is 11.0. The van der Waals surface area contributed by atoms with Crippen molar-refractivity contribution >= 4 is 28.4 Å². The normalized spacial score (nSPS) is 19.3. The number of hydrogen-bond acceptors (Lipinski definition) is 4. The molecule has 0 aromatic heterocycles. The molecule has 4 nitrogen and oxygen atoms in total. The van der Waals surface area contributed by atoms with Crippen molar-refractivity contribution in [1.29, 1.82) is 0 Å². The van der Waals surface area contributed by atoms with E-state index in [1.165, 1.54) is 0 Å². The maximum Gasteiger partial charge on any atom is 0.227 e. The fourth-order valence-electron chi connectivity index (χ4n) is 1.28. The molecule has 2 rings (SSSR count).